The lowest BCUT2D eigenvalue weighted by atomic mass is 10.1. The van der Waals surface area contributed by atoms with Crippen LogP contribution in [-0.2, 0) is 6.54 Å². The van der Waals surface area contributed by atoms with Crippen molar-refractivity contribution in [3.63, 3.8) is 0 Å². The average Bonchev–Trinajstić information content (AvgIpc) is 2.66. The minimum Gasteiger partial charge on any atom is -0.346 e. The number of aromatic nitrogens is 1. The van der Waals surface area contributed by atoms with E-state index in [2.05, 4.69) is 15.6 Å². The van der Waals surface area contributed by atoms with Crippen LogP contribution in [0.25, 0.3) is 0 Å². The number of carbonyl (C=O) groups excluding carboxylic acids is 2. The van der Waals surface area contributed by atoms with Crippen LogP contribution in [0.1, 0.15) is 37.5 Å². The molecule has 3 aromatic rings. The summed E-state index contributed by atoms with van der Waals surface area (Å²) in [4.78, 5) is 29.1. The standard InChI is InChI=1S/C22H21N3O2/c1-15-10-16(2)12-20(11-15)25-22(27)18-7-5-6-17(13-18)21(26)24-14-19-8-3-4-9-23-19/h3-13H,14H2,1-2H3,(H,24,26)(H,25,27). The van der Waals surface area contributed by atoms with E-state index in [1.807, 2.05) is 50.2 Å². The molecule has 0 atom stereocenters. The number of benzene rings is 2. The average molecular weight is 359 g/mol. The number of nitrogens with zero attached hydrogens (tertiary/aromatic N) is 1. The molecule has 3 rings (SSSR count). The van der Waals surface area contributed by atoms with Crippen molar-refractivity contribution in [1.29, 1.82) is 0 Å². The van der Waals surface area contributed by atoms with Gasteiger partial charge in [0, 0.05) is 23.0 Å². The lowest BCUT2D eigenvalue weighted by Gasteiger charge is -2.09. The minimum atomic E-state index is -0.251. The number of aryl methyl sites for hydroxylation is 2. The molecule has 2 aromatic carbocycles. The molecule has 0 fully saturated rings. The van der Waals surface area contributed by atoms with Crippen molar-refractivity contribution >= 4 is 17.5 Å². The number of nitrogens with one attached hydrogen (secondary N) is 2. The molecule has 27 heavy (non-hydrogen) atoms. The zero-order valence-corrected chi connectivity index (χ0v) is 15.3. The molecular weight excluding hydrogens is 338 g/mol. The van der Waals surface area contributed by atoms with Crippen LogP contribution < -0.4 is 10.6 Å². The van der Waals surface area contributed by atoms with E-state index >= 15 is 0 Å². The number of anilines is 1. The fourth-order valence-electron chi connectivity index (χ4n) is 2.83. The van der Waals surface area contributed by atoms with Crippen molar-refractivity contribution in [1.82, 2.24) is 10.3 Å². The molecule has 2 amide bonds. The maximum absolute atomic E-state index is 12.5. The van der Waals surface area contributed by atoms with Gasteiger partial charge in [-0.15, -0.1) is 0 Å². The summed E-state index contributed by atoms with van der Waals surface area (Å²) >= 11 is 0. The molecule has 0 aliphatic rings. The summed E-state index contributed by atoms with van der Waals surface area (Å²) in [6, 6.07) is 18.1. The highest BCUT2D eigenvalue weighted by Crippen LogP contribution is 2.15. The van der Waals surface area contributed by atoms with Crippen molar-refractivity contribution in [2.45, 2.75) is 20.4 Å². The summed E-state index contributed by atoms with van der Waals surface area (Å²) in [5.41, 5.74) is 4.52. The summed E-state index contributed by atoms with van der Waals surface area (Å²) in [6.45, 7) is 4.29. The Balaban J connectivity index is 1.68. The van der Waals surface area contributed by atoms with Gasteiger partial charge in [-0.1, -0.05) is 18.2 Å². The third-order valence-corrected chi connectivity index (χ3v) is 4.02. The molecule has 0 aliphatic heterocycles. The first-order valence-electron chi connectivity index (χ1n) is 8.69. The van der Waals surface area contributed by atoms with E-state index < -0.39 is 0 Å². The Morgan fingerprint density at radius 3 is 2.22 bits per heavy atom. The van der Waals surface area contributed by atoms with Crippen LogP contribution in [0.4, 0.5) is 5.69 Å². The fraction of sp³-hybridized carbons (Fsp3) is 0.136. The lowest BCUT2D eigenvalue weighted by molar-refractivity contribution is 0.0950. The topological polar surface area (TPSA) is 71.1 Å². The van der Waals surface area contributed by atoms with Crippen LogP contribution in [0, 0.1) is 13.8 Å². The van der Waals surface area contributed by atoms with Gasteiger partial charge in [-0.25, -0.2) is 0 Å². The van der Waals surface area contributed by atoms with Gasteiger partial charge in [0.25, 0.3) is 11.8 Å². The molecule has 0 spiro atoms. The summed E-state index contributed by atoms with van der Waals surface area (Å²) in [7, 11) is 0. The SMILES string of the molecule is Cc1cc(C)cc(NC(=O)c2cccc(C(=O)NCc3ccccn3)c2)c1. The van der Waals surface area contributed by atoms with Gasteiger partial charge in [-0.3, -0.25) is 14.6 Å². The highest BCUT2D eigenvalue weighted by atomic mass is 16.2. The fourth-order valence-corrected chi connectivity index (χ4v) is 2.83. The summed E-state index contributed by atoms with van der Waals surface area (Å²) in [5, 5.41) is 5.70. The highest BCUT2D eigenvalue weighted by molar-refractivity contribution is 6.06. The second-order valence-electron chi connectivity index (χ2n) is 6.42. The van der Waals surface area contributed by atoms with Crippen LogP contribution in [0.3, 0.4) is 0 Å². The first kappa shape index (κ1) is 18.3. The number of amides is 2. The number of carbonyl (C=O) groups is 2. The van der Waals surface area contributed by atoms with E-state index in [0.717, 1.165) is 22.5 Å². The Hall–Kier alpha value is -3.47. The maximum atomic E-state index is 12.5. The Labute approximate surface area is 158 Å². The molecule has 5 nitrogen and oxygen atoms in total. The molecule has 0 radical (unpaired) electrons. The zero-order chi connectivity index (χ0) is 19.2. The van der Waals surface area contributed by atoms with Gasteiger partial charge in [-0.05, 0) is 67.4 Å². The van der Waals surface area contributed by atoms with Crippen molar-refractivity contribution in [3.8, 4) is 0 Å². The van der Waals surface area contributed by atoms with Crippen LogP contribution >= 0.6 is 0 Å². The van der Waals surface area contributed by atoms with Crippen LogP contribution in [-0.4, -0.2) is 16.8 Å². The normalized spacial score (nSPS) is 10.3. The number of pyridine rings is 1. The molecular formula is C22H21N3O2. The van der Waals surface area contributed by atoms with E-state index in [4.69, 9.17) is 0 Å². The molecule has 5 heteroatoms. The predicted octanol–water partition coefficient (Wildman–Crippen LogP) is 3.88. The van der Waals surface area contributed by atoms with Crippen LogP contribution in [0.5, 0.6) is 0 Å². The molecule has 1 aromatic heterocycles. The monoisotopic (exact) mass is 359 g/mol. The van der Waals surface area contributed by atoms with Gasteiger partial charge in [-0.2, -0.15) is 0 Å². The van der Waals surface area contributed by atoms with E-state index in [0.29, 0.717) is 17.7 Å². The number of hydrogen-bond donors (Lipinski definition) is 2. The summed E-state index contributed by atoms with van der Waals surface area (Å²) in [5.74, 6) is -0.499. The van der Waals surface area contributed by atoms with Crippen LogP contribution in [0.2, 0.25) is 0 Å². The van der Waals surface area contributed by atoms with E-state index in [1.165, 1.54) is 0 Å². The molecule has 0 unspecified atom stereocenters. The van der Waals surface area contributed by atoms with Crippen molar-refractivity contribution in [2.75, 3.05) is 5.32 Å². The molecule has 0 bridgehead atoms. The largest absolute Gasteiger partial charge is 0.346 e. The lowest BCUT2D eigenvalue weighted by Crippen LogP contribution is -2.23. The molecule has 0 saturated carbocycles. The molecule has 0 saturated heterocycles. The third kappa shape index (κ3) is 5.01. The van der Waals surface area contributed by atoms with Gasteiger partial charge < -0.3 is 10.6 Å². The second kappa shape index (κ2) is 8.27. The number of hydrogen-bond acceptors (Lipinski definition) is 3. The summed E-state index contributed by atoms with van der Waals surface area (Å²) < 4.78 is 0. The van der Waals surface area contributed by atoms with E-state index in [1.54, 1.807) is 30.5 Å². The minimum absolute atomic E-state index is 0.248. The maximum Gasteiger partial charge on any atom is 0.255 e. The zero-order valence-electron chi connectivity index (χ0n) is 15.3. The van der Waals surface area contributed by atoms with Crippen molar-refractivity contribution < 1.29 is 9.59 Å². The van der Waals surface area contributed by atoms with Gasteiger partial charge in [0.2, 0.25) is 0 Å². The van der Waals surface area contributed by atoms with Gasteiger partial charge in [0.15, 0.2) is 0 Å². The van der Waals surface area contributed by atoms with Crippen molar-refractivity contribution in [3.05, 3.63) is 94.8 Å². The van der Waals surface area contributed by atoms with Gasteiger partial charge >= 0.3 is 0 Å². The van der Waals surface area contributed by atoms with Gasteiger partial charge in [0.1, 0.15) is 0 Å². The first-order valence-corrected chi connectivity index (χ1v) is 8.69. The third-order valence-electron chi connectivity index (χ3n) is 4.02. The highest BCUT2D eigenvalue weighted by Gasteiger charge is 2.11. The molecule has 0 aliphatic carbocycles. The van der Waals surface area contributed by atoms with Gasteiger partial charge in [0.05, 0.1) is 12.2 Å². The number of rotatable bonds is 5. The molecule has 136 valence electrons. The smallest absolute Gasteiger partial charge is 0.255 e. The quantitative estimate of drug-likeness (QED) is 0.726. The van der Waals surface area contributed by atoms with Crippen molar-refractivity contribution in [2.24, 2.45) is 0 Å². The molecule has 1 heterocycles. The Morgan fingerprint density at radius 1 is 0.852 bits per heavy atom. The van der Waals surface area contributed by atoms with E-state index in [9.17, 15) is 9.59 Å². The Morgan fingerprint density at radius 2 is 1.56 bits per heavy atom. The predicted molar refractivity (Wildman–Crippen MR) is 106 cm³/mol. The molecule has 2 N–H and O–H groups in total. The second-order valence-corrected chi connectivity index (χ2v) is 6.42. The summed E-state index contributed by atoms with van der Waals surface area (Å²) in [6.07, 6.45) is 1.68. The first-order chi connectivity index (χ1) is 13.0. The van der Waals surface area contributed by atoms with Crippen LogP contribution in [0.15, 0.2) is 66.9 Å². The van der Waals surface area contributed by atoms with E-state index in [-0.39, 0.29) is 11.8 Å². The Bertz CT molecular complexity index is 948. The Kier molecular flexibility index (Phi) is 5.61.